The quantitative estimate of drug-likeness (QED) is 0.0452. The molecular formula is C42H46F4N10O9. The van der Waals surface area contributed by atoms with Crippen molar-refractivity contribution in [3.63, 3.8) is 0 Å². The number of imide groups is 2. The normalized spacial score (nSPS) is 20.2. The minimum Gasteiger partial charge on any atom is -0.613 e. The van der Waals surface area contributed by atoms with Crippen molar-refractivity contribution in [2.75, 3.05) is 51.3 Å². The summed E-state index contributed by atoms with van der Waals surface area (Å²) in [6.07, 6.45) is -2.85. The number of anilines is 1. The highest BCUT2D eigenvalue weighted by Gasteiger charge is 2.45. The number of carbonyl (C=O) groups excluding carboxylic acids is 6. The summed E-state index contributed by atoms with van der Waals surface area (Å²) in [5.74, 6) is -4.28. The number of hydrogen-bond donors (Lipinski definition) is 6. The van der Waals surface area contributed by atoms with Gasteiger partial charge >= 0.3 is 6.36 Å². The molecule has 23 heteroatoms. The number of nitrogens with two attached hydrogens (primary N) is 1. The van der Waals surface area contributed by atoms with Crippen molar-refractivity contribution >= 4 is 46.8 Å². The Morgan fingerprint density at radius 3 is 2.54 bits per heavy atom. The van der Waals surface area contributed by atoms with Crippen LogP contribution in [-0.4, -0.2) is 126 Å². The molecule has 0 aliphatic carbocycles. The lowest BCUT2D eigenvalue weighted by Crippen LogP contribution is -3.14. The molecule has 3 aromatic rings. The first-order valence-corrected chi connectivity index (χ1v) is 20.8. The summed E-state index contributed by atoms with van der Waals surface area (Å²) in [4.78, 5) is 84.1. The van der Waals surface area contributed by atoms with Gasteiger partial charge in [0.25, 0.3) is 17.7 Å². The minimum atomic E-state index is -4.85. The molecule has 7 rings (SSSR count). The molecule has 3 unspecified atom stereocenters. The van der Waals surface area contributed by atoms with Crippen LogP contribution in [-0.2, 0) is 20.8 Å². The molecule has 4 aliphatic heterocycles. The smallest absolute Gasteiger partial charge is 0.573 e. The van der Waals surface area contributed by atoms with Crippen molar-refractivity contribution in [2.45, 2.75) is 63.2 Å². The van der Waals surface area contributed by atoms with Gasteiger partial charge in [0.2, 0.25) is 23.6 Å². The number of ether oxygens (including phenoxy) is 2. The van der Waals surface area contributed by atoms with Crippen molar-refractivity contribution in [1.82, 2.24) is 35.7 Å². The van der Waals surface area contributed by atoms with Gasteiger partial charge < -0.3 is 40.8 Å². The van der Waals surface area contributed by atoms with Gasteiger partial charge in [0.1, 0.15) is 30.0 Å². The number of rotatable bonds is 18. The molecule has 19 nitrogen and oxygen atoms in total. The van der Waals surface area contributed by atoms with Crippen molar-refractivity contribution in [3.05, 3.63) is 94.0 Å². The molecule has 346 valence electrons. The number of alkyl halides is 4. The number of nitrogens with zero attached hydrogens (tertiary/aromatic N) is 4. The molecule has 2 fully saturated rings. The van der Waals surface area contributed by atoms with Gasteiger partial charge in [-0.1, -0.05) is 18.2 Å². The van der Waals surface area contributed by atoms with Gasteiger partial charge in [-0.3, -0.25) is 44.2 Å². The highest BCUT2D eigenvalue weighted by Crippen LogP contribution is 2.33. The van der Waals surface area contributed by atoms with Gasteiger partial charge in [-0.25, -0.2) is 9.37 Å². The van der Waals surface area contributed by atoms with Gasteiger partial charge in [0.05, 0.1) is 43.0 Å². The molecule has 6 amide bonds. The highest BCUT2D eigenvalue weighted by molar-refractivity contribution is 6.25. The summed E-state index contributed by atoms with van der Waals surface area (Å²) in [5, 5.41) is 20.8. The molecule has 65 heavy (non-hydrogen) atoms. The van der Waals surface area contributed by atoms with E-state index in [1.54, 1.807) is 12.1 Å². The second-order valence-corrected chi connectivity index (χ2v) is 15.7. The van der Waals surface area contributed by atoms with Crippen LogP contribution >= 0.6 is 0 Å². The highest BCUT2D eigenvalue weighted by atomic mass is 19.4. The van der Waals surface area contributed by atoms with E-state index in [1.165, 1.54) is 35.4 Å². The molecule has 5 heterocycles. The molecular weight excluding hydrogens is 865 g/mol. The lowest BCUT2D eigenvalue weighted by molar-refractivity contribution is -0.894. The number of piperidine rings is 2. The monoisotopic (exact) mass is 910 g/mol. The Hall–Kier alpha value is -6.85. The number of pyridine rings is 1. The maximum absolute atomic E-state index is 15.4. The Balaban J connectivity index is 0.819. The molecule has 0 radical (unpaired) electrons. The summed E-state index contributed by atoms with van der Waals surface area (Å²) in [5.41, 5.74) is 10.7. The van der Waals surface area contributed by atoms with Gasteiger partial charge in [-0.2, -0.15) is 5.43 Å². The maximum Gasteiger partial charge on any atom is 0.573 e. The van der Waals surface area contributed by atoms with E-state index in [4.69, 9.17) is 10.5 Å². The first kappa shape index (κ1) is 46.2. The maximum atomic E-state index is 15.4. The van der Waals surface area contributed by atoms with E-state index in [9.17, 15) is 47.1 Å². The number of unbranched alkanes of at least 4 members (excludes halogenated alkanes) is 1. The molecule has 7 N–H and O–H groups in total. The number of hydroxylamine groups is 1. The summed E-state index contributed by atoms with van der Waals surface area (Å²) in [6.45, 7) is 1.58. The van der Waals surface area contributed by atoms with Crippen LogP contribution in [0.3, 0.4) is 0 Å². The molecule has 4 atom stereocenters. The van der Waals surface area contributed by atoms with E-state index in [-0.39, 0.29) is 79.6 Å². The third-order valence-corrected chi connectivity index (χ3v) is 11.2. The number of likely N-dealkylation sites (tertiary alicyclic amines) is 1. The fraction of sp³-hybridized carbons (Fsp3) is 0.405. The predicted molar refractivity (Wildman–Crippen MR) is 221 cm³/mol. The van der Waals surface area contributed by atoms with Crippen LogP contribution < -0.4 is 41.8 Å². The number of aromatic nitrogens is 1. The minimum absolute atomic E-state index is 0.00957. The Labute approximate surface area is 368 Å². The Morgan fingerprint density at radius 1 is 1.03 bits per heavy atom. The molecule has 0 spiro atoms. The van der Waals surface area contributed by atoms with E-state index >= 15 is 4.39 Å². The molecule has 4 aliphatic rings. The van der Waals surface area contributed by atoms with Crippen LogP contribution in [0.4, 0.5) is 23.2 Å². The zero-order valence-electron chi connectivity index (χ0n) is 34.8. The third kappa shape index (κ3) is 11.3. The second kappa shape index (κ2) is 19.9. The van der Waals surface area contributed by atoms with Crippen molar-refractivity contribution in [2.24, 2.45) is 5.73 Å². The largest absolute Gasteiger partial charge is 0.613 e. The van der Waals surface area contributed by atoms with Gasteiger partial charge in [-0.15, -0.1) is 13.2 Å². The van der Waals surface area contributed by atoms with Crippen LogP contribution in [0.5, 0.6) is 11.6 Å². The molecule has 0 bridgehead atoms. The zero-order chi connectivity index (χ0) is 46.4. The SMILES string of the molecule is NC(=O)c1cc(C2=CN(CCCCN[NH+]([O-])CCNc3cccc4c3C(=O)N(C3CCC(=O)NC3=O)C4=O)CN2)cnc1OC1CCN(C(=O)Cc2ccc(OC(F)(F)F)cc2)C[C@H]1F. The van der Waals surface area contributed by atoms with Crippen LogP contribution in [0.25, 0.3) is 5.70 Å². The molecule has 0 saturated carbocycles. The number of fused-ring (bicyclic) bond motifs is 1. The number of hydrogen-bond acceptors (Lipinski definition) is 14. The van der Waals surface area contributed by atoms with Crippen LogP contribution in [0.15, 0.2) is 60.9 Å². The summed E-state index contributed by atoms with van der Waals surface area (Å²) >= 11 is 0. The fourth-order valence-corrected chi connectivity index (χ4v) is 7.86. The van der Waals surface area contributed by atoms with E-state index in [0.29, 0.717) is 48.7 Å². The summed E-state index contributed by atoms with van der Waals surface area (Å²) in [7, 11) is 0. The summed E-state index contributed by atoms with van der Waals surface area (Å²) in [6, 6.07) is 9.95. The Morgan fingerprint density at radius 2 is 1.82 bits per heavy atom. The third-order valence-electron chi connectivity index (χ3n) is 11.2. The average molecular weight is 911 g/mol. The Bertz CT molecular complexity index is 2350. The van der Waals surface area contributed by atoms with Crippen LogP contribution in [0.2, 0.25) is 0 Å². The molecule has 2 aromatic carbocycles. The second-order valence-electron chi connectivity index (χ2n) is 15.7. The predicted octanol–water partition coefficient (Wildman–Crippen LogP) is 0.982. The number of carbonyl (C=O) groups is 6. The van der Waals surface area contributed by atoms with Gasteiger partial charge in [0.15, 0.2) is 6.17 Å². The van der Waals surface area contributed by atoms with E-state index < -0.39 is 65.9 Å². The van der Waals surface area contributed by atoms with Crippen LogP contribution in [0, 0.1) is 5.21 Å². The lowest BCUT2D eigenvalue weighted by Gasteiger charge is -2.34. The molecule has 2 saturated heterocycles. The number of primary amides is 1. The van der Waals surface area contributed by atoms with Gasteiger partial charge in [0, 0.05) is 56.1 Å². The number of nitrogens with one attached hydrogen (secondary N) is 5. The zero-order valence-corrected chi connectivity index (χ0v) is 34.8. The lowest BCUT2D eigenvalue weighted by atomic mass is 10.0. The number of amides is 6. The van der Waals surface area contributed by atoms with Crippen molar-refractivity contribution in [3.8, 4) is 11.6 Å². The topological polar surface area (TPSA) is 245 Å². The first-order valence-electron chi connectivity index (χ1n) is 20.8. The average Bonchev–Trinajstić information content (AvgIpc) is 3.83. The van der Waals surface area contributed by atoms with E-state index in [0.717, 1.165) is 23.5 Å². The summed E-state index contributed by atoms with van der Waals surface area (Å²) < 4.78 is 62.4. The standard InChI is InChI=1S/C42H46F4N10O9/c43-29-21-54(35(58)18-24-6-8-26(9-7-24)65-42(44,45)46)16-12-33(29)64-39-28(37(47)59)19-25(20-49-39)31-22-53(23-50-31)15-2-1-13-51-55(63)17-14-48-30-5-3-4-27-36(30)41(62)56(40(27)61)32-10-11-34(57)52-38(32)60/h3-9,19-20,22,29,32-33,48,50-51,55H,1-2,10-18,21,23H2,(H2,47,59)(H,52,57,60)/t29-,32?,33?/m1/s1. The number of halogens is 4. The van der Waals surface area contributed by atoms with Crippen molar-refractivity contribution in [1.29, 1.82) is 0 Å². The molecule has 1 aromatic heterocycles. The van der Waals surface area contributed by atoms with Crippen LogP contribution in [0.1, 0.15) is 74.3 Å². The van der Waals surface area contributed by atoms with Crippen molar-refractivity contribution < 1.29 is 61.0 Å². The van der Waals surface area contributed by atoms with E-state index in [1.807, 2.05) is 11.1 Å². The number of quaternary nitrogens is 1. The van der Waals surface area contributed by atoms with E-state index in [2.05, 4.69) is 31.1 Å². The Kier molecular flexibility index (Phi) is 14.1. The first-order chi connectivity index (χ1) is 31.0. The van der Waals surface area contributed by atoms with Gasteiger partial charge in [-0.05, 0) is 55.2 Å². The fourth-order valence-electron chi connectivity index (χ4n) is 7.86. The number of benzene rings is 2.